The maximum absolute atomic E-state index is 11.8. The maximum Gasteiger partial charge on any atom is 0.362 e. The van der Waals surface area contributed by atoms with Gasteiger partial charge in [0.15, 0.2) is 5.85 Å². The average molecular weight is 295 g/mol. The van der Waals surface area contributed by atoms with E-state index in [2.05, 4.69) is 15.9 Å². The van der Waals surface area contributed by atoms with Gasteiger partial charge in [-0.3, -0.25) is 4.57 Å². The van der Waals surface area contributed by atoms with Gasteiger partial charge in [-0.25, -0.2) is 0 Å². The molecule has 0 fully saturated rings. The minimum absolute atomic E-state index is 0.491. The smallest absolute Gasteiger partial charge is 0.362 e. The minimum atomic E-state index is -3.47. The summed E-state index contributed by atoms with van der Waals surface area (Å²) < 4.78 is 22.1. The fourth-order valence-electron chi connectivity index (χ4n) is 1.09. The van der Waals surface area contributed by atoms with E-state index in [-0.39, 0.29) is 0 Å². The quantitative estimate of drug-likeness (QED) is 0.868. The Morgan fingerprint density at radius 1 is 1.27 bits per heavy atom. The third kappa shape index (κ3) is 2.89. The van der Waals surface area contributed by atoms with Crippen LogP contribution in [-0.4, -0.2) is 19.3 Å². The van der Waals surface area contributed by atoms with Crippen molar-refractivity contribution in [2.75, 3.05) is 14.2 Å². The highest BCUT2D eigenvalue weighted by atomic mass is 79.9. The van der Waals surface area contributed by atoms with Crippen molar-refractivity contribution in [3.63, 3.8) is 0 Å². The molecule has 0 heterocycles. The molecule has 0 saturated heterocycles. The van der Waals surface area contributed by atoms with Crippen LogP contribution in [0.3, 0.4) is 0 Å². The summed E-state index contributed by atoms with van der Waals surface area (Å²) in [4.78, 5) is 0. The molecule has 0 aromatic heterocycles. The van der Waals surface area contributed by atoms with Gasteiger partial charge >= 0.3 is 7.60 Å². The van der Waals surface area contributed by atoms with E-state index in [0.29, 0.717) is 5.56 Å². The van der Waals surface area contributed by atoms with Crippen LogP contribution in [0.15, 0.2) is 28.7 Å². The first-order valence-electron chi connectivity index (χ1n) is 4.18. The zero-order valence-corrected chi connectivity index (χ0v) is 10.9. The monoisotopic (exact) mass is 294 g/mol. The Bertz CT molecular complexity index is 357. The molecule has 1 aromatic rings. The van der Waals surface area contributed by atoms with Crippen LogP contribution in [0.2, 0.25) is 0 Å². The largest absolute Gasteiger partial charge is 0.376 e. The highest BCUT2D eigenvalue weighted by molar-refractivity contribution is 9.10. The zero-order valence-electron chi connectivity index (χ0n) is 8.38. The molecule has 0 aliphatic carbocycles. The molecule has 0 saturated carbocycles. The summed E-state index contributed by atoms with van der Waals surface area (Å²) in [6, 6.07) is 6.79. The van der Waals surface area contributed by atoms with Gasteiger partial charge in [-0.2, -0.15) is 0 Å². The van der Waals surface area contributed by atoms with Gasteiger partial charge < -0.3 is 14.2 Å². The summed E-state index contributed by atoms with van der Waals surface area (Å²) in [5.74, 6) is -1.26. The van der Waals surface area contributed by atoms with E-state index in [1.165, 1.54) is 14.2 Å². The summed E-state index contributed by atoms with van der Waals surface area (Å²) in [5.41, 5.74) is 0.491. The molecule has 0 radical (unpaired) electrons. The molecule has 0 aliphatic heterocycles. The topological polar surface area (TPSA) is 55.8 Å². The second-order valence-corrected chi connectivity index (χ2v) is 6.04. The fraction of sp³-hybridized carbons (Fsp3) is 0.333. The molecule has 1 rings (SSSR count). The number of rotatable bonds is 4. The second kappa shape index (κ2) is 5.23. The van der Waals surface area contributed by atoms with Gasteiger partial charge in [0.25, 0.3) is 0 Å². The molecule has 1 aromatic carbocycles. The van der Waals surface area contributed by atoms with Crippen molar-refractivity contribution < 1.29 is 18.7 Å². The second-order valence-electron chi connectivity index (χ2n) is 2.83. The fourth-order valence-corrected chi connectivity index (χ4v) is 2.44. The third-order valence-electron chi connectivity index (χ3n) is 1.98. The van der Waals surface area contributed by atoms with Crippen LogP contribution in [0.5, 0.6) is 0 Å². The Kier molecular flexibility index (Phi) is 4.49. The Morgan fingerprint density at radius 2 is 1.73 bits per heavy atom. The molecule has 1 unspecified atom stereocenters. The van der Waals surface area contributed by atoms with Crippen molar-refractivity contribution in [1.29, 1.82) is 0 Å². The lowest BCUT2D eigenvalue weighted by atomic mass is 10.2. The predicted molar refractivity (Wildman–Crippen MR) is 60.7 cm³/mol. The van der Waals surface area contributed by atoms with Crippen molar-refractivity contribution in [2.24, 2.45) is 0 Å². The molecular formula is C9H12BrO4P. The van der Waals surface area contributed by atoms with Crippen molar-refractivity contribution in [2.45, 2.75) is 5.85 Å². The highest BCUT2D eigenvalue weighted by Crippen LogP contribution is 2.58. The van der Waals surface area contributed by atoms with Gasteiger partial charge in [-0.1, -0.05) is 28.1 Å². The number of hydrogen-bond acceptors (Lipinski definition) is 4. The van der Waals surface area contributed by atoms with Crippen LogP contribution < -0.4 is 0 Å². The molecule has 4 nitrogen and oxygen atoms in total. The van der Waals surface area contributed by atoms with E-state index in [0.717, 1.165) is 4.47 Å². The lowest BCUT2D eigenvalue weighted by Crippen LogP contribution is -2.02. The highest BCUT2D eigenvalue weighted by Gasteiger charge is 2.33. The van der Waals surface area contributed by atoms with E-state index in [1.54, 1.807) is 24.3 Å². The normalized spacial score (nSPS) is 13.9. The minimum Gasteiger partial charge on any atom is -0.376 e. The maximum atomic E-state index is 11.8. The molecule has 0 aliphatic rings. The van der Waals surface area contributed by atoms with Crippen LogP contribution in [0, 0.1) is 0 Å². The molecular weight excluding hydrogens is 283 g/mol. The van der Waals surface area contributed by atoms with E-state index in [4.69, 9.17) is 9.05 Å². The molecule has 15 heavy (non-hydrogen) atoms. The summed E-state index contributed by atoms with van der Waals surface area (Å²) in [6.07, 6.45) is 0. The number of halogens is 1. The molecule has 0 spiro atoms. The van der Waals surface area contributed by atoms with Crippen molar-refractivity contribution in [1.82, 2.24) is 0 Å². The van der Waals surface area contributed by atoms with Gasteiger partial charge in [-0.15, -0.1) is 0 Å². The van der Waals surface area contributed by atoms with Crippen LogP contribution in [0.1, 0.15) is 11.4 Å². The Hall–Kier alpha value is -0.190. The standard InChI is InChI=1S/C9H12BrO4P/c1-13-15(12,14-2)9(11)7-3-5-8(10)6-4-7/h3-6,9,11H,1-2H3. The van der Waals surface area contributed by atoms with Gasteiger partial charge in [0.1, 0.15) is 0 Å². The van der Waals surface area contributed by atoms with Crippen LogP contribution >= 0.6 is 23.5 Å². The molecule has 6 heteroatoms. The van der Waals surface area contributed by atoms with E-state index in [1.807, 2.05) is 0 Å². The van der Waals surface area contributed by atoms with Crippen molar-refractivity contribution >= 4 is 23.5 Å². The van der Waals surface area contributed by atoms with Crippen LogP contribution in [0.25, 0.3) is 0 Å². The molecule has 0 bridgehead atoms. The predicted octanol–water partition coefficient (Wildman–Crippen LogP) is 2.93. The average Bonchev–Trinajstić information content (AvgIpc) is 2.28. The Labute approximate surface area is 96.9 Å². The zero-order chi connectivity index (χ0) is 11.5. The SMILES string of the molecule is COP(=O)(OC)C(O)c1ccc(Br)cc1. The first-order valence-corrected chi connectivity index (χ1v) is 6.58. The number of hydrogen-bond donors (Lipinski definition) is 1. The first-order chi connectivity index (χ1) is 7.03. The van der Waals surface area contributed by atoms with Crippen LogP contribution in [-0.2, 0) is 13.6 Å². The first kappa shape index (κ1) is 12.9. The van der Waals surface area contributed by atoms with Gasteiger partial charge in [0.2, 0.25) is 0 Å². The number of benzene rings is 1. The molecule has 84 valence electrons. The van der Waals surface area contributed by atoms with E-state index >= 15 is 0 Å². The number of aliphatic hydroxyl groups is 1. The summed E-state index contributed by atoms with van der Waals surface area (Å²) >= 11 is 3.27. The van der Waals surface area contributed by atoms with Gasteiger partial charge in [0, 0.05) is 18.7 Å². The van der Waals surface area contributed by atoms with Gasteiger partial charge in [-0.05, 0) is 17.7 Å². The van der Waals surface area contributed by atoms with Crippen molar-refractivity contribution in [3.05, 3.63) is 34.3 Å². The number of aliphatic hydroxyl groups excluding tert-OH is 1. The van der Waals surface area contributed by atoms with Crippen molar-refractivity contribution in [3.8, 4) is 0 Å². The summed E-state index contributed by atoms with van der Waals surface area (Å²) in [7, 11) is -0.984. The summed E-state index contributed by atoms with van der Waals surface area (Å²) in [5, 5.41) is 9.80. The molecule has 0 amide bonds. The molecule has 1 atom stereocenters. The van der Waals surface area contributed by atoms with Gasteiger partial charge in [0.05, 0.1) is 0 Å². The lowest BCUT2D eigenvalue weighted by Gasteiger charge is -2.19. The van der Waals surface area contributed by atoms with Crippen LogP contribution in [0.4, 0.5) is 0 Å². The Morgan fingerprint density at radius 3 is 2.13 bits per heavy atom. The Balaban J connectivity index is 2.98. The van der Waals surface area contributed by atoms with E-state index < -0.39 is 13.4 Å². The molecule has 1 N–H and O–H groups in total. The summed E-state index contributed by atoms with van der Waals surface area (Å²) in [6.45, 7) is 0. The van der Waals surface area contributed by atoms with E-state index in [9.17, 15) is 9.67 Å². The lowest BCUT2D eigenvalue weighted by molar-refractivity contribution is 0.176. The third-order valence-corrected chi connectivity index (χ3v) is 4.42.